The van der Waals surface area contributed by atoms with E-state index in [-0.39, 0.29) is 0 Å². The third-order valence-electron chi connectivity index (χ3n) is 3.30. The lowest BCUT2D eigenvalue weighted by atomic mass is 10.1. The fraction of sp³-hybridized carbons (Fsp3) is 0.133. The molecule has 0 aliphatic carbocycles. The summed E-state index contributed by atoms with van der Waals surface area (Å²) in [5.74, 6) is 1.41. The topological polar surface area (TPSA) is 52.5 Å². The van der Waals surface area contributed by atoms with E-state index in [9.17, 15) is 0 Å². The number of ether oxygens (including phenoxy) is 1. The van der Waals surface area contributed by atoms with Crippen LogP contribution in [-0.4, -0.2) is 16.5 Å². The van der Waals surface area contributed by atoms with Crippen LogP contribution in [0.2, 0.25) is 0 Å². The second-order valence-electron chi connectivity index (χ2n) is 4.55. The van der Waals surface area contributed by atoms with Gasteiger partial charge in [-0.25, -0.2) is 4.98 Å². The summed E-state index contributed by atoms with van der Waals surface area (Å²) in [6.45, 7) is 2.01. The molecule has 2 N–H and O–H groups in total. The number of aryl methyl sites for hydroxylation is 1. The van der Waals surface area contributed by atoms with Crippen molar-refractivity contribution in [1.82, 2.24) is 9.38 Å². The van der Waals surface area contributed by atoms with Crippen molar-refractivity contribution in [2.45, 2.75) is 6.92 Å². The first-order valence-corrected chi connectivity index (χ1v) is 6.98. The number of rotatable bonds is 2. The van der Waals surface area contributed by atoms with E-state index in [1.807, 2.05) is 47.7 Å². The number of nitrogens with zero attached hydrogens (tertiary/aromatic N) is 2. The van der Waals surface area contributed by atoms with Gasteiger partial charge in [-0.3, -0.25) is 4.40 Å². The van der Waals surface area contributed by atoms with Crippen LogP contribution in [0.15, 0.2) is 40.9 Å². The Morgan fingerprint density at radius 1 is 1.25 bits per heavy atom. The number of pyridine rings is 1. The molecule has 0 radical (unpaired) electrons. The second kappa shape index (κ2) is 4.83. The predicted octanol–water partition coefficient (Wildman–Crippen LogP) is 3.66. The third kappa shape index (κ3) is 1.94. The van der Waals surface area contributed by atoms with Gasteiger partial charge in [-0.05, 0) is 37.3 Å². The highest BCUT2D eigenvalue weighted by Gasteiger charge is 2.15. The van der Waals surface area contributed by atoms with Crippen LogP contribution in [0.25, 0.3) is 16.9 Å². The van der Waals surface area contributed by atoms with Gasteiger partial charge in [-0.1, -0.05) is 22.0 Å². The van der Waals surface area contributed by atoms with E-state index in [2.05, 4.69) is 20.9 Å². The Balaban J connectivity index is 2.30. The Hall–Kier alpha value is -2.01. The molecule has 4 nitrogen and oxygen atoms in total. The Morgan fingerprint density at radius 3 is 2.75 bits per heavy atom. The number of benzene rings is 1. The highest BCUT2D eigenvalue weighted by Crippen LogP contribution is 2.35. The number of nitrogens with two attached hydrogens (primary N) is 1. The number of anilines is 1. The average Bonchev–Trinajstić information content (AvgIpc) is 2.78. The van der Waals surface area contributed by atoms with E-state index in [0.717, 1.165) is 32.8 Å². The lowest BCUT2D eigenvalue weighted by molar-refractivity contribution is 0.415. The quantitative estimate of drug-likeness (QED) is 0.779. The molecular formula is C15H14BrN3O. The molecule has 2 heterocycles. The summed E-state index contributed by atoms with van der Waals surface area (Å²) < 4.78 is 8.15. The lowest BCUT2D eigenvalue weighted by Gasteiger charge is -2.06. The highest BCUT2D eigenvalue weighted by atomic mass is 79.9. The maximum atomic E-state index is 6.27. The summed E-state index contributed by atoms with van der Waals surface area (Å²) in [6, 6.07) is 11.7. The zero-order valence-corrected chi connectivity index (χ0v) is 12.8. The van der Waals surface area contributed by atoms with Crippen molar-refractivity contribution >= 4 is 27.4 Å². The lowest BCUT2D eigenvalue weighted by Crippen LogP contribution is -1.97. The van der Waals surface area contributed by atoms with E-state index in [1.54, 1.807) is 7.11 Å². The zero-order valence-electron chi connectivity index (χ0n) is 11.2. The summed E-state index contributed by atoms with van der Waals surface area (Å²) in [5.41, 5.74) is 9.84. The molecule has 1 aromatic carbocycles. The van der Waals surface area contributed by atoms with Crippen molar-refractivity contribution in [3.63, 3.8) is 0 Å². The van der Waals surface area contributed by atoms with Gasteiger partial charge in [0.1, 0.15) is 22.9 Å². The van der Waals surface area contributed by atoms with Crippen molar-refractivity contribution < 1.29 is 4.74 Å². The molecule has 0 unspecified atom stereocenters. The van der Waals surface area contributed by atoms with Crippen LogP contribution in [0.1, 0.15) is 5.69 Å². The van der Waals surface area contributed by atoms with Crippen LogP contribution in [0.4, 0.5) is 5.82 Å². The largest absolute Gasteiger partial charge is 0.497 e. The average molecular weight is 332 g/mol. The maximum absolute atomic E-state index is 6.27. The molecule has 0 fully saturated rings. The molecule has 0 aliphatic heterocycles. The van der Waals surface area contributed by atoms with E-state index >= 15 is 0 Å². The van der Waals surface area contributed by atoms with Gasteiger partial charge in [-0.15, -0.1) is 0 Å². The van der Waals surface area contributed by atoms with E-state index in [4.69, 9.17) is 10.5 Å². The molecule has 3 rings (SSSR count). The van der Waals surface area contributed by atoms with Crippen LogP contribution >= 0.6 is 15.9 Å². The second-order valence-corrected chi connectivity index (χ2v) is 5.41. The van der Waals surface area contributed by atoms with E-state index in [0.29, 0.717) is 5.82 Å². The number of methoxy groups -OCH3 is 1. The highest BCUT2D eigenvalue weighted by molar-refractivity contribution is 9.10. The summed E-state index contributed by atoms with van der Waals surface area (Å²) in [4.78, 5) is 4.63. The van der Waals surface area contributed by atoms with Gasteiger partial charge in [0, 0.05) is 15.7 Å². The number of hydrogen-bond acceptors (Lipinski definition) is 3. The zero-order chi connectivity index (χ0) is 14.3. The van der Waals surface area contributed by atoms with Crippen molar-refractivity contribution in [2.75, 3.05) is 12.8 Å². The molecule has 0 bridgehead atoms. The normalized spacial score (nSPS) is 10.9. The van der Waals surface area contributed by atoms with Crippen molar-refractivity contribution in [2.24, 2.45) is 0 Å². The Labute approximate surface area is 125 Å². The summed E-state index contributed by atoms with van der Waals surface area (Å²) in [5, 5.41) is 0. The van der Waals surface area contributed by atoms with Gasteiger partial charge in [0.25, 0.3) is 0 Å². The van der Waals surface area contributed by atoms with Crippen LogP contribution in [-0.2, 0) is 0 Å². The van der Waals surface area contributed by atoms with Crippen molar-refractivity contribution in [1.29, 1.82) is 0 Å². The minimum atomic E-state index is 0.632. The molecule has 0 spiro atoms. The Bertz CT molecular complexity index is 795. The van der Waals surface area contributed by atoms with Gasteiger partial charge in [0.15, 0.2) is 0 Å². The molecular weight excluding hydrogens is 318 g/mol. The summed E-state index contributed by atoms with van der Waals surface area (Å²) in [6.07, 6.45) is 0. The standard InChI is InChI=1S/C15H14BrN3O/c1-9-4-3-5-13-18-14(15(17)19(9)13)11-8-10(20-2)6-7-12(11)16/h3-8H,17H2,1-2H3. The number of fused-ring (bicyclic) bond motifs is 1. The minimum absolute atomic E-state index is 0.632. The smallest absolute Gasteiger partial charge is 0.139 e. The Morgan fingerprint density at radius 2 is 2.05 bits per heavy atom. The molecule has 0 amide bonds. The van der Waals surface area contributed by atoms with E-state index < -0.39 is 0 Å². The van der Waals surface area contributed by atoms with Crippen LogP contribution < -0.4 is 10.5 Å². The van der Waals surface area contributed by atoms with Crippen LogP contribution in [0.3, 0.4) is 0 Å². The Kier molecular flexibility index (Phi) is 3.14. The monoisotopic (exact) mass is 331 g/mol. The first-order valence-electron chi connectivity index (χ1n) is 6.19. The van der Waals surface area contributed by atoms with E-state index in [1.165, 1.54) is 0 Å². The molecule has 0 saturated heterocycles. The van der Waals surface area contributed by atoms with Crippen molar-refractivity contribution in [3.05, 3.63) is 46.6 Å². The molecule has 5 heteroatoms. The first-order chi connectivity index (χ1) is 9.61. The molecule has 20 heavy (non-hydrogen) atoms. The number of halogens is 1. The number of aromatic nitrogens is 2. The van der Waals surface area contributed by atoms with Crippen LogP contribution in [0.5, 0.6) is 5.75 Å². The van der Waals surface area contributed by atoms with Crippen molar-refractivity contribution in [3.8, 4) is 17.0 Å². The SMILES string of the molecule is COc1ccc(Br)c(-c2nc3cccc(C)n3c2N)c1. The summed E-state index contributed by atoms with van der Waals surface area (Å²) in [7, 11) is 1.64. The van der Waals surface area contributed by atoms with Gasteiger partial charge in [0.05, 0.1) is 7.11 Å². The fourth-order valence-electron chi connectivity index (χ4n) is 2.29. The number of nitrogen functional groups attached to an aromatic ring is 1. The van der Waals surface area contributed by atoms with Gasteiger partial charge in [0.2, 0.25) is 0 Å². The van der Waals surface area contributed by atoms with Gasteiger partial charge in [-0.2, -0.15) is 0 Å². The minimum Gasteiger partial charge on any atom is -0.497 e. The summed E-state index contributed by atoms with van der Waals surface area (Å²) >= 11 is 3.55. The predicted molar refractivity (Wildman–Crippen MR) is 84.0 cm³/mol. The molecule has 3 aromatic rings. The van der Waals surface area contributed by atoms with Gasteiger partial charge >= 0.3 is 0 Å². The first kappa shape index (κ1) is 13.0. The number of imidazole rings is 1. The van der Waals surface area contributed by atoms with Gasteiger partial charge < -0.3 is 10.5 Å². The molecule has 102 valence electrons. The molecule has 2 aromatic heterocycles. The third-order valence-corrected chi connectivity index (χ3v) is 3.99. The maximum Gasteiger partial charge on any atom is 0.139 e. The molecule has 0 atom stereocenters. The fourth-order valence-corrected chi connectivity index (χ4v) is 2.73. The van der Waals surface area contributed by atoms with Crippen LogP contribution in [0, 0.1) is 6.92 Å². The number of hydrogen-bond donors (Lipinski definition) is 1. The molecule has 0 saturated carbocycles. The molecule has 0 aliphatic rings.